The fourth-order valence-corrected chi connectivity index (χ4v) is 2.85. The van der Waals surface area contributed by atoms with E-state index in [0.29, 0.717) is 16.8 Å². The number of carbonyl (C=O) groups excluding carboxylic acids is 1. The highest BCUT2D eigenvalue weighted by Gasteiger charge is 2.19. The molecule has 0 N–H and O–H groups in total. The zero-order chi connectivity index (χ0) is 19.7. The molecule has 0 saturated carbocycles. The van der Waals surface area contributed by atoms with Crippen LogP contribution in [0.5, 0.6) is 0 Å². The number of rotatable bonds is 4. The van der Waals surface area contributed by atoms with Crippen molar-refractivity contribution in [2.24, 2.45) is 0 Å². The highest BCUT2D eigenvalue weighted by molar-refractivity contribution is 5.93. The van der Waals surface area contributed by atoms with Gasteiger partial charge >= 0.3 is 0 Å². The Balaban J connectivity index is 1.56. The molecule has 0 unspecified atom stereocenters. The third-order valence-corrected chi connectivity index (χ3v) is 4.31. The molecule has 4 aromatic rings. The molecule has 0 saturated heterocycles. The average molecular weight is 375 g/mol. The Morgan fingerprint density at radius 2 is 1.89 bits per heavy atom. The van der Waals surface area contributed by atoms with Crippen LogP contribution in [0.3, 0.4) is 0 Å². The fourth-order valence-electron chi connectivity index (χ4n) is 2.85. The summed E-state index contributed by atoms with van der Waals surface area (Å²) in [5.41, 5.74) is 1.88. The van der Waals surface area contributed by atoms with Crippen LogP contribution in [0, 0.1) is 6.92 Å². The second-order valence-corrected chi connectivity index (χ2v) is 6.51. The molecule has 140 valence electrons. The maximum Gasteiger partial charge on any atom is 0.289 e. The third-order valence-electron chi connectivity index (χ3n) is 4.31. The summed E-state index contributed by atoms with van der Waals surface area (Å²) >= 11 is 0. The molecule has 0 fully saturated rings. The summed E-state index contributed by atoms with van der Waals surface area (Å²) in [7, 11) is 1.58. The zero-order valence-electron chi connectivity index (χ0n) is 15.4. The van der Waals surface area contributed by atoms with Gasteiger partial charge in [-0.05, 0) is 24.6 Å². The van der Waals surface area contributed by atoms with Gasteiger partial charge in [-0.2, -0.15) is 4.98 Å². The predicted octanol–water partition coefficient (Wildman–Crippen LogP) is 3.42. The molecule has 0 spiro atoms. The second-order valence-electron chi connectivity index (χ2n) is 6.51. The molecule has 7 heteroatoms. The monoisotopic (exact) mass is 375 g/mol. The van der Waals surface area contributed by atoms with Gasteiger partial charge in [0.1, 0.15) is 12.1 Å². The molecule has 0 radical (unpaired) electrons. The van der Waals surface area contributed by atoms with Crippen LogP contribution in [-0.4, -0.2) is 28.0 Å². The first-order valence-corrected chi connectivity index (χ1v) is 8.69. The van der Waals surface area contributed by atoms with Crippen LogP contribution in [-0.2, 0) is 6.54 Å². The number of hydrogen-bond acceptors (Lipinski definition) is 6. The van der Waals surface area contributed by atoms with Crippen molar-refractivity contribution in [3.63, 3.8) is 0 Å². The summed E-state index contributed by atoms with van der Waals surface area (Å²) in [6.45, 7) is 1.98. The van der Waals surface area contributed by atoms with Crippen LogP contribution in [0.15, 0.2) is 68.3 Å². The molecule has 28 heavy (non-hydrogen) atoms. The standard InChI is InChI=1S/C21H17N3O4/c1-13-8-9-15-16(25)11-18(27-17(15)10-13)21(26)24(2)12-19-22-20(23-28-19)14-6-4-3-5-7-14/h3-11H,12H2,1-2H3. The van der Waals surface area contributed by atoms with Crippen LogP contribution in [0.2, 0.25) is 0 Å². The van der Waals surface area contributed by atoms with E-state index in [1.54, 1.807) is 19.2 Å². The van der Waals surface area contributed by atoms with Gasteiger partial charge in [-0.25, -0.2) is 0 Å². The molecular weight excluding hydrogens is 358 g/mol. The van der Waals surface area contributed by atoms with Crippen LogP contribution < -0.4 is 5.43 Å². The van der Waals surface area contributed by atoms with Crippen LogP contribution in [0.4, 0.5) is 0 Å². The number of amides is 1. The summed E-state index contributed by atoms with van der Waals surface area (Å²) in [4.78, 5) is 30.7. The first-order chi connectivity index (χ1) is 13.5. The molecule has 0 aliphatic carbocycles. The van der Waals surface area contributed by atoms with E-state index in [9.17, 15) is 9.59 Å². The minimum atomic E-state index is -0.444. The number of fused-ring (bicyclic) bond motifs is 1. The Kier molecular flexibility index (Phi) is 4.49. The summed E-state index contributed by atoms with van der Waals surface area (Å²) in [5.74, 6) is 0.256. The van der Waals surface area contributed by atoms with Gasteiger partial charge in [0.15, 0.2) is 11.2 Å². The van der Waals surface area contributed by atoms with Gasteiger partial charge in [0.05, 0.1) is 5.39 Å². The van der Waals surface area contributed by atoms with E-state index < -0.39 is 5.91 Å². The smallest absolute Gasteiger partial charge is 0.289 e. The van der Waals surface area contributed by atoms with Gasteiger partial charge in [-0.3, -0.25) is 9.59 Å². The van der Waals surface area contributed by atoms with Crippen LogP contribution in [0.25, 0.3) is 22.4 Å². The summed E-state index contributed by atoms with van der Waals surface area (Å²) in [5, 5.41) is 4.38. The lowest BCUT2D eigenvalue weighted by molar-refractivity contribution is 0.0738. The quantitative estimate of drug-likeness (QED) is 0.543. The van der Waals surface area contributed by atoms with E-state index in [4.69, 9.17) is 8.94 Å². The topological polar surface area (TPSA) is 89.4 Å². The Morgan fingerprint density at radius 3 is 2.68 bits per heavy atom. The van der Waals surface area contributed by atoms with Gasteiger partial charge in [-0.15, -0.1) is 0 Å². The lowest BCUT2D eigenvalue weighted by Crippen LogP contribution is -2.27. The van der Waals surface area contributed by atoms with Crippen molar-refractivity contribution >= 4 is 16.9 Å². The molecule has 4 rings (SSSR count). The Labute approximate surface area is 160 Å². The van der Waals surface area contributed by atoms with Gasteiger partial charge in [0.25, 0.3) is 5.91 Å². The average Bonchev–Trinajstić information content (AvgIpc) is 3.16. The van der Waals surface area contributed by atoms with Crippen molar-refractivity contribution in [1.82, 2.24) is 15.0 Å². The Bertz CT molecular complexity index is 1210. The molecular formula is C21H17N3O4. The van der Waals surface area contributed by atoms with Gasteiger partial charge in [0, 0.05) is 18.7 Å². The second kappa shape index (κ2) is 7.11. The molecule has 2 heterocycles. The number of benzene rings is 2. The van der Waals surface area contributed by atoms with Crippen molar-refractivity contribution < 1.29 is 13.7 Å². The normalized spacial score (nSPS) is 10.9. The van der Waals surface area contributed by atoms with E-state index >= 15 is 0 Å². The van der Waals surface area contributed by atoms with Crippen molar-refractivity contribution in [2.75, 3.05) is 7.05 Å². The highest BCUT2D eigenvalue weighted by Crippen LogP contribution is 2.18. The first-order valence-electron chi connectivity index (χ1n) is 8.69. The maximum atomic E-state index is 12.7. The van der Waals surface area contributed by atoms with Gasteiger partial charge in [0.2, 0.25) is 11.7 Å². The van der Waals surface area contributed by atoms with Crippen molar-refractivity contribution in [2.45, 2.75) is 13.5 Å². The maximum absolute atomic E-state index is 12.7. The largest absolute Gasteiger partial charge is 0.451 e. The summed E-state index contributed by atoms with van der Waals surface area (Å²) < 4.78 is 10.9. The molecule has 7 nitrogen and oxygen atoms in total. The molecule has 1 amide bonds. The predicted molar refractivity (Wildman–Crippen MR) is 103 cm³/mol. The van der Waals surface area contributed by atoms with Gasteiger partial charge in [-0.1, -0.05) is 41.6 Å². The Morgan fingerprint density at radius 1 is 1.11 bits per heavy atom. The zero-order valence-corrected chi connectivity index (χ0v) is 15.4. The SMILES string of the molecule is Cc1ccc2c(=O)cc(C(=O)N(C)Cc3nc(-c4ccccc4)no3)oc2c1. The van der Waals surface area contributed by atoms with Crippen LogP contribution in [0.1, 0.15) is 22.0 Å². The van der Waals surface area contributed by atoms with E-state index in [-0.39, 0.29) is 23.6 Å². The fraction of sp³-hybridized carbons (Fsp3) is 0.143. The first kappa shape index (κ1) is 17.7. The number of nitrogens with zero attached hydrogens (tertiary/aromatic N) is 3. The molecule has 2 aromatic heterocycles. The third kappa shape index (κ3) is 3.42. The molecule has 0 aliphatic rings. The minimum absolute atomic E-state index is 0.0339. The molecule has 0 bridgehead atoms. The minimum Gasteiger partial charge on any atom is -0.451 e. The molecule has 0 aliphatic heterocycles. The van der Waals surface area contributed by atoms with Crippen molar-refractivity contribution in [3.05, 3.63) is 82.0 Å². The number of aryl methyl sites for hydroxylation is 1. The van der Waals surface area contributed by atoms with E-state index in [0.717, 1.165) is 11.1 Å². The van der Waals surface area contributed by atoms with E-state index in [2.05, 4.69) is 10.1 Å². The van der Waals surface area contributed by atoms with E-state index in [1.165, 1.54) is 11.0 Å². The molecule has 2 aromatic carbocycles. The summed E-state index contributed by atoms with van der Waals surface area (Å²) in [6.07, 6.45) is 0. The highest BCUT2D eigenvalue weighted by atomic mass is 16.5. The van der Waals surface area contributed by atoms with Gasteiger partial charge < -0.3 is 13.8 Å². The lowest BCUT2D eigenvalue weighted by atomic mass is 10.1. The number of hydrogen-bond donors (Lipinski definition) is 0. The van der Waals surface area contributed by atoms with Crippen LogP contribution >= 0.6 is 0 Å². The molecule has 0 atom stereocenters. The number of carbonyl (C=O) groups is 1. The Hall–Kier alpha value is -3.74. The summed E-state index contributed by atoms with van der Waals surface area (Å²) in [6, 6.07) is 15.9. The van der Waals surface area contributed by atoms with Crippen molar-refractivity contribution in [3.8, 4) is 11.4 Å². The van der Waals surface area contributed by atoms with Crippen molar-refractivity contribution in [1.29, 1.82) is 0 Å². The van der Waals surface area contributed by atoms with E-state index in [1.807, 2.05) is 43.3 Å². The lowest BCUT2D eigenvalue weighted by Gasteiger charge is -2.14. The number of aromatic nitrogens is 2.